The first-order valence-corrected chi connectivity index (χ1v) is 8.77. The minimum Gasteiger partial charge on any atom is -0.445 e. The van der Waals surface area contributed by atoms with Crippen LogP contribution >= 0.6 is 0 Å². The SMILES string of the molecule is CC[C@H](C)[C@@H](CN1CCCC1)N(C)C(=O)OCc1ccccc1. The van der Waals surface area contributed by atoms with E-state index in [0.29, 0.717) is 12.5 Å². The molecule has 0 bridgehead atoms. The van der Waals surface area contributed by atoms with Crippen LogP contribution in [0.1, 0.15) is 38.7 Å². The van der Waals surface area contributed by atoms with Gasteiger partial charge in [0.1, 0.15) is 6.61 Å². The highest BCUT2D eigenvalue weighted by atomic mass is 16.6. The molecule has 0 saturated carbocycles. The quantitative estimate of drug-likeness (QED) is 0.767. The molecule has 0 N–H and O–H groups in total. The summed E-state index contributed by atoms with van der Waals surface area (Å²) in [5.74, 6) is 0.463. The topological polar surface area (TPSA) is 32.8 Å². The van der Waals surface area contributed by atoms with Crippen molar-refractivity contribution in [3.63, 3.8) is 0 Å². The molecule has 1 saturated heterocycles. The van der Waals surface area contributed by atoms with Crippen molar-refractivity contribution < 1.29 is 9.53 Å². The van der Waals surface area contributed by atoms with Gasteiger partial charge in [-0.25, -0.2) is 4.79 Å². The molecule has 4 heteroatoms. The van der Waals surface area contributed by atoms with E-state index in [4.69, 9.17) is 4.74 Å². The average molecular weight is 318 g/mol. The van der Waals surface area contributed by atoms with Gasteiger partial charge >= 0.3 is 6.09 Å². The molecule has 128 valence electrons. The van der Waals surface area contributed by atoms with Crippen LogP contribution in [0.3, 0.4) is 0 Å². The number of nitrogens with zero attached hydrogens (tertiary/aromatic N) is 2. The van der Waals surface area contributed by atoms with Crippen LogP contribution in [-0.2, 0) is 11.3 Å². The van der Waals surface area contributed by atoms with Gasteiger partial charge in [0.05, 0.1) is 0 Å². The van der Waals surface area contributed by atoms with Crippen LogP contribution in [0.5, 0.6) is 0 Å². The highest BCUT2D eigenvalue weighted by molar-refractivity contribution is 5.67. The molecule has 1 aromatic carbocycles. The van der Waals surface area contributed by atoms with Crippen molar-refractivity contribution in [2.24, 2.45) is 5.92 Å². The predicted octanol–water partition coefficient (Wildman–Crippen LogP) is 3.77. The van der Waals surface area contributed by atoms with E-state index in [1.165, 1.54) is 12.8 Å². The molecule has 1 aliphatic rings. The predicted molar refractivity (Wildman–Crippen MR) is 93.3 cm³/mol. The summed E-state index contributed by atoms with van der Waals surface area (Å²) in [6, 6.07) is 10.0. The molecular weight excluding hydrogens is 288 g/mol. The number of hydrogen-bond donors (Lipinski definition) is 0. The Morgan fingerprint density at radius 1 is 1.26 bits per heavy atom. The number of amides is 1. The van der Waals surface area contributed by atoms with Gasteiger partial charge in [0.25, 0.3) is 0 Å². The standard InChI is InChI=1S/C19H30N2O2/c1-4-16(2)18(14-21-12-8-9-13-21)20(3)19(22)23-15-17-10-6-5-7-11-17/h5-7,10-11,16,18H,4,8-9,12-15H2,1-3H3/t16-,18+/m0/s1. The summed E-state index contributed by atoms with van der Waals surface area (Å²) in [6.07, 6.45) is 3.39. The number of carbonyl (C=O) groups is 1. The van der Waals surface area contributed by atoms with E-state index in [0.717, 1.165) is 31.6 Å². The maximum Gasteiger partial charge on any atom is 0.410 e. The molecule has 0 unspecified atom stereocenters. The Labute approximate surface area is 140 Å². The van der Waals surface area contributed by atoms with E-state index in [1.807, 2.05) is 37.4 Å². The summed E-state index contributed by atoms with van der Waals surface area (Å²) in [5, 5.41) is 0. The third-order valence-electron chi connectivity index (χ3n) is 4.94. The Balaban J connectivity index is 1.91. The van der Waals surface area contributed by atoms with Gasteiger partial charge in [-0.1, -0.05) is 50.6 Å². The second-order valence-corrected chi connectivity index (χ2v) is 6.61. The molecule has 2 rings (SSSR count). The Hall–Kier alpha value is -1.55. The fraction of sp³-hybridized carbons (Fsp3) is 0.632. The number of rotatable bonds is 7. The highest BCUT2D eigenvalue weighted by Gasteiger charge is 2.28. The number of likely N-dealkylation sites (N-methyl/N-ethyl adjacent to an activating group) is 1. The molecular formula is C19H30N2O2. The highest BCUT2D eigenvalue weighted by Crippen LogP contribution is 2.19. The fourth-order valence-corrected chi connectivity index (χ4v) is 3.14. The average Bonchev–Trinajstić information content (AvgIpc) is 3.10. The van der Waals surface area contributed by atoms with E-state index >= 15 is 0 Å². The molecule has 0 aliphatic carbocycles. The van der Waals surface area contributed by atoms with Crippen molar-refractivity contribution >= 4 is 6.09 Å². The van der Waals surface area contributed by atoms with Crippen molar-refractivity contribution in [2.75, 3.05) is 26.7 Å². The Morgan fingerprint density at radius 3 is 2.52 bits per heavy atom. The van der Waals surface area contributed by atoms with E-state index in [2.05, 4.69) is 18.7 Å². The molecule has 1 aliphatic heterocycles. The second-order valence-electron chi connectivity index (χ2n) is 6.61. The number of carbonyl (C=O) groups excluding carboxylic acids is 1. The lowest BCUT2D eigenvalue weighted by Gasteiger charge is -2.34. The fourth-order valence-electron chi connectivity index (χ4n) is 3.14. The van der Waals surface area contributed by atoms with Crippen molar-refractivity contribution in [3.8, 4) is 0 Å². The first kappa shape index (κ1) is 17.8. The second kappa shape index (κ2) is 8.92. The number of likely N-dealkylation sites (tertiary alicyclic amines) is 1. The van der Waals surface area contributed by atoms with Crippen molar-refractivity contribution in [3.05, 3.63) is 35.9 Å². The van der Waals surface area contributed by atoms with Gasteiger partial charge in [-0.05, 0) is 37.4 Å². The molecule has 2 atom stereocenters. The van der Waals surface area contributed by atoms with Gasteiger partial charge in [0.15, 0.2) is 0 Å². The monoisotopic (exact) mass is 318 g/mol. The Kier molecular flexibility index (Phi) is 6.90. The first-order valence-electron chi connectivity index (χ1n) is 8.77. The van der Waals surface area contributed by atoms with E-state index in [-0.39, 0.29) is 12.1 Å². The van der Waals surface area contributed by atoms with Crippen LogP contribution in [0.4, 0.5) is 4.79 Å². The molecule has 1 aromatic rings. The smallest absolute Gasteiger partial charge is 0.410 e. The lowest BCUT2D eigenvalue weighted by Crippen LogP contribution is -2.47. The van der Waals surface area contributed by atoms with Gasteiger partial charge in [-0.3, -0.25) is 0 Å². The molecule has 4 nitrogen and oxygen atoms in total. The van der Waals surface area contributed by atoms with Gasteiger partial charge in [0, 0.05) is 19.6 Å². The largest absolute Gasteiger partial charge is 0.445 e. The summed E-state index contributed by atoms with van der Waals surface area (Å²) in [6.45, 7) is 8.00. The molecule has 1 amide bonds. The van der Waals surface area contributed by atoms with E-state index < -0.39 is 0 Å². The molecule has 1 fully saturated rings. The van der Waals surface area contributed by atoms with Gasteiger partial charge in [-0.15, -0.1) is 0 Å². The van der Waals surface area contributed by atoms with E-state index in [1.54, 1.807) is 4.90 Å². The summed E-state index contributed by atoms with van der Waals surface area (Å²) in [7, 11) is 1.88. The minimum atomic E-state index is -0.224. The van der Waals surface area contributed by atoms with Crippen LogP contribution in [0.25, 0.3) is 0 Å². The zero-order valence-corrected chi connectivity index (χ0v) is 14.7. The summed E-state index contributed by atoms with van der Waals surface area (Å²) >= 11 is 0. The maximum absolute atomic E-state index is 12.4. The zero-order chi connectivity index (χ0) is 16.7. The Morgan fingerprint density at radius 2 is 1.91 bits per heavy atom. The summed E-state index contributed by atoms with van der Waals surface area (Å²) in [5.41, 5.74) is 1.02. The Bertz CT molecular complexity index is 472. The van der Waals surface area contributed by atoms with Gasteiger partial charge in [-0.2, -0.15) is 0 Å². The minimum absolute atomic E-state index is 0.210. The van der Waals surface area contributed by atoms with Crippen LogP contribution in [0.15, 0.2) is 30.3 Å². The lowest BCUT2D eigenvalue weighted by atomic mass is 9.97. The molecule has 0 spiro atoms. The molecule has 0 aromatic heterocycles. The van der Waals surface area contributed by atoms with Crippen LogP contribution in [-0.4, -0.2) is 48.6 Å². The third-order valence-corrected chi connectivity index (χ3v) is 4.94. The van der Waals surface area contributed by atoms with Crippen molar-refractivity contribution in [2.45, 2.75) is 45.8 Å². The molecule has 1 heterocycles. The molecule has 0 radical (unpaired) electrons. The normalized spacial score (nSPS) is 17.7. The van der Waals surface area contributed by atoms with Crippen molar-refractivity contribution in [1.82, 2.24) is 9.80 Å². The number of hydrogen-bond acceptors (Lipinski definition) is 3. The number of ether oxygens (including phenoxy) is 1. The van der Waals surface area contributed by atoms with Crippen LogP contribution < -0.4 is 0 Å². The third kappa shape index (κ3) is 5.24. The summed E-state index contributed by atoms with van der Waals surface area (Å²) in [4.78, 5) is 16.7. The van der Waals surface area contributed by atoms with Crippen LogP contribution in [0.2, 0.25) is 0 Å². The molecule has 23 heavy (non-hydrogen) atoms. The van der Waals surface area contributed by atoms with Gasteiger partial charge in [0.2, 0.25) is 0 Å². The number of benzene rings is 1. The zero-order valence-electron chi connectivity index (χ0n) is 14.7. The first-order chi connectivity index (χ1) is 11.1. The van der Waals surface area contributed by atoms with Gasteiger partial charge < -0.3 is 14.5 Å². The van der Waals surface area contributed by atoms with E-state index in [9.17, 15) is 4.79 Å². The van der Waals surface area contributed by atoms with Crippen LogP contribution in [0, 0.1) is 5.92 Å². The summed E-state index contributed by atoms with van der Waals surface area (Å²) < 4.78 is 5.50. The maximum atomic E-state index is 12.4. The lowest BCUT2D eigenvalue weighted by molar-refractivity contribution is 0.0700. The van der Waals surface area contributed by atoms with Crippen molar-refractivity contribution in [1.29, 1.82) is 0 Å².